The van der Waals surface area contributed by atoms with E-state index in [0.717, 1.165) is 32.1 Å². The van der Waals surface area contributed by atoms with Crippen LogP contribution in [0.5, 0.6) is 0 Å². The molecule has 2 atom stereocenters. The third kappa shape index (κ3) is 7.45. The van der Waals surface area contributed by atoms with Crippen molar-refractivity contribution in [1.82, 2.24) is 15.5 Å². The van der Waals surface area contributed by atoms with Crippen LogP contribution in [0.1, 0.15) is 72.6 Å². The van der Waals surface area contributed by atoms with Crippen molar-refractivity contribution in [2.45, 2.75) is 90.8 Å². The van der Waals surface area contributed by atoms with Crippen LogP contribution in [0.2, 0.25) is 0 Å². The summed E-state index contributed by atoms with van der Waals surface area (Å²) < 4.78 is 4.98. The van der Waals surface area contributed by atoms with E-state index >= 15 is 0 Å². The Morgan fingerprint density at radius 2 is 1.80 bits per heavy atom. The molecule has 2 aliphatic rings. The topological polar surface area (TPSA) is 114 Å². The molecule has 8 heteroatoms. The monoisotopic (exact) mass is 424 g/mol. The molecule has 1 aliphatic carbocycles. The molecule has 2 rings (SSSR count). The molecular weight excluding hydrogens is 384 g/mol. The van der Waals surface area contributed by atoms with Crippen LogP contribution in [-0.4, -0.2) is 60.6 Å². The molecule has 0 unspecified atom stereocenters. The number of carbonyl (C=O) groups is 3. The van der Waals surface area contributed by atoms with Gasteiger partial charge in [0.25, 0.3) is 0 Å². The van der Waals surface area contributed by atoms with Gasteiger partial charge in [0, 0.05) is 19.1 Å². The Balaban J connectivity index is 1.98. The molecule has 0 aromatic rings. The largest absolute Gasteiger partial charge is 0.450 e. The van der Waals surface area contributed by atoms with Gasteiger partial charge in [-0.25, -0.2) is 4.79 Å². The van der Waals surface area contributed by atoms with Crippen molar-refractivity contribution in [3.63, 3.8) is 0 Å². The van der Waals surface area contributed by atoms with E-state index < -0.39 is 18.2 Å². The molecule has 1 saturated carbocycles. The quantitative estimate of drug-likeness (QED) is 0.579. The second-order valence-electron chi connectivity index (χ2n) is 9.90. The van der Waals surface area contributed by atoms with Gasteiger partial charge in [0.1, 0.15) is 12.1 Å². The third-order valence-corrected chi connectivity index (χ3v) is 5.98. The van der Waals surface area contributed by atoms with Crippen LogP contribution in [0.3, 0.4) is 0 Å². The molecule has 0 spiro atoms. The number of rotatable bonds is 7. The first-order valence-electron chi connectivity index (χ1n) is 11.4. The maximum absolute atomic E-state index is 13.3. The summed E-state index contributed by atoms with van der Waals surface area (Å²) in [7, 11) is 0. The van der Waals surface area contributed by atoms with E-state index in [9.17, 15) is 14.4 Å². The molecule has 1 aliphatic heterocycles. The number of likely N-dealkylation sites (tertiary alicyclic amines) is 1. The fourth-order valence-corrected chi connectivity index (χ4v) is 4.39. The minimum Gasteiger partial charge on any atom is -0.450 e. The molecule has 4 N–H and O–H groups in total. The Hall–Kier alpha value is -1.83. The first kappa shape index (κ1) is 24.4. The molecule has 2 fully saturated rings. The number of nitrogens with one attached hydrogen (secondary N) is 2. The number of nitrogens with zero attached hydrogens (tertiary/aromatic N) is 1. The lowest BCUT2D eigenvalue weighted by Crippen LogP contribution is -2.54. The zero-order chi connectivity index (χ0) is 22.3. The van der Waals surface area contributed by atoms with Gasteiger partial charge in [-0.2, -0.15) is 0 Å². The fourth-order valence-electron chi connectivity index (χ4n) is 4.39. The van der Waals surface area contributed by atoms with Gasteiger partial charge in [0.15, 0.2) is 0 Å². The number of amides is 3. The smallest absolute Gasteiger partial charge is 0.407 e. The number of nitrogens with two attached hydrogens (primary N) is 1. The number of alkyl carbamates (subject to hydrolysis) is 1. The first-order valence-corrected chi connectivity index (χ1v) is 11.4. The lowest BCUT2D eigenvalue weighted by molar-refractivity contribution is -0.140. The van der Waals surface area contributed by atoms with Crippen LogP contribution >= 0.6 is 0 Å². The van der Waals surface area contributed by atoms with Gasteiger partial charge in [-0.3, -0.25) is 9.59 Å². The average Bonchev–Trinajstić information content (AvgIpc) is 3.15. The van der Waals surface area contributed by atoms with Gasteiger partial charge in [-0.05, 0) is 63.2 Å². The van der Waals surface area contributed by atoms with Crippen molar-refractivity contribution in [3.8, 4) is 0 Å². The van der Waals surface area contributed by atoms with Gasteiger partial charge in [0.05, 0.1) is 6.61 Å². The predicted molar refractivity (Wildman–Crippen MR) is 116 cm³/mol. The van der Waals surface area contributed by atoms with E-state index in [1.807, 2.05) is 20.8 Å². The lowest BCUT2D eigenvalue weighted by atomic mass is 9.86. The molecule has 8 nitrogen and oxygen atoms in total. The molecule has 1 saturated heterocycles. The van der Waals surface area contributed by atoms with Gasteiger partial charge >= 0.3 is 6.09 Å². The van der Waals surface area contributed by atoms with E-state index in [0.29, 0.717) is 31.8 Å². The summed E-state index contributed by atoms with van der Waals surface area (Å²) in [5, 5.41) is 5.76. The van der Waals surface area contributed by atoms with E-state index in [-0.39, 0.29) is 29.9 Å². The standard InChI is InChI=1S/C22H40N4O4/c1-5-30-21(29)25-17(13-22(2,3)4)20(28)26-12-6-7-18(26)19(27)24-14-15-8-10-16(23)11-9-15/h15-18H,5-14,23H2,1-4H3,(H,24,27)(H,25,29)/t15-,16-,17-,18+/m1/s1. The first-order chi connectivity index (χ1) is 14.1. The summed E-state index contributed by atoms with van der Waals surface area (Å²) in [5.74, 6) is 0.152. The Labute approximate surface area is 180 Å². The maximum Gasteiger partial charge on any atom is 0.407 e. The average molecular weight is 425 g/mol. The molecule has 3 amide bonds. The van der Waals surface area contributed by atoms with Crippen LogP contribution in [0.25, 0.3) is 0 Å². The number of hydrogen-bond donors (Lipinski definition) is 3. The summed E-state index contributed by atoms with van der Waals surface area (Å²) in [6.07, 6.45) is 5.37. The SMILES string of the molecule is CCOC(=O)N[C@H](CC(C)(C)C)C(=O)N1CCC[C@H]1C(=O)NC[C@H]1CC[C@H](N)CC1. The molecule has 1 heterocycles. The predicted octanol–water partition coefficient (Wildman–Crippen LogP) is 2.16. The lowest BCUT2D eigenvalue weighted by Gasteiger charge is -2.32. The van der Waals surface area contributed by atoms with Crippen LogP contribution in [0.4, 0.5) is 4.79 Å². The molecule has 0 bridgehead atoms. The summed E-state index contributed by atoms with van der Waals surface area (Å²) in [4.78, 5) is 39.8. The Morgan fingerprint density at radius 1 is 1.13 bits per heavy atom. The number of carbonyl (C=O) groups excluding carboxylic acids is 3. The van der Waals surface area contributed by atoms with E-state index in [2.05, 4.69) is 10.6 Å². The van der Waals surface area contributed by atoms with E-state index in [1.165, 1.54) is 0 Å². The minimum absolute atomic E-state index is 0.0960. The highest BCUT2D eigenvalue weighted by molar-refractivity contribution is 5.91. The maximum atomic E-state index is 13.3. The molecule has 0 aromatic heterocycles. The van der Waals surface area contributed by atoms with Crippen LogP contribution in [0, 0.1) is 11.3 Å². The fraction of sp³-hybridized carbons (Fsp3) is 0.864. The number of ether oxygens (including phenoxy) is 1. The van der Waals surface area contributed by atoms with Crippen LogP contribution in [-0.2, 0) is 14.3 Å². The summed E-state index contributed by atoms with van der Waals surface area (Å²) >= 11 is 0. The third-order valence-electron chi connectivity index (χ3n) is 5.98. The highest BCUT2D eigenvalue weighted by Gasteiger charge is 2.39. The Bertz CT molecular complexity index is 596. The minimum atomic E-state index is -0.711. The number of hydrogen-bond acceptors (Lipinski definition) is 5. The summed E-state index contributed by atoms with van der Waals surface area (Å²) in [6.45, 7) is 9.18. The second kappa shape index (κ2) is 11.0. The van der Waals surface area contributed by atoms with Crippen molar-refractivity contribution in [3.05, 3.63) is 0 Å². The Kier molecular flexibility index (Phi) is 8.94. The van der Waals surface area contributed by atoms with Gasteiger partial charge < -0.3 is 26.0 Å². The van der Waals surface area contributed by atoms with Crippen LogP contribution < -0.4 is 16.4 Å². The summed E-state index contributed by atoms with van der Waals surface area (Å²) in [5.41, 5.74) is 5.79. The van der Waals surface area contributed by atoms with Crippen molar-refractivity contribution in [1.29, 1.82) is 0 Å². The zero-order valence-electron chi connectivity index (χ0n) is 19.0. The molecule has 0 radical (unpaired) electrons. The van der Waals surface area contributed by atoms with Crippen molar-refractivity contribution < 1.29 is 19.1 Å². The van der Waals surface area contributed by atoms with Crippen molar-refractivity contribution >= 4 is 17.9 Å². The molecule has 30 heavy (non-hydrogen) atoms. The van der Waals surface area contributed by atoms with Crippen molar-refractivity contribution in [2.75, 3.05) is 19.7 Å². The van der Waals surface area contributed by atoms with Gasteiger partial charge in [-0.1, -0.05) is 20.8 Å². The normalized spacial score (nSPS) is 25.5. The van der Waals surface area contributed by atoms with Gasteiger partial charge in [0.2, 0.25) is 11.8 Å². The van der Waals surface area contributed by atoms with E-state index in [4.69, 9.17) is 10.5 Å². The highest BCUT2D eigenvalue weighted by atomic mass is 16.5. The Morgan fingerprint density at radius 3 is 2.40 bits per heavy atom. The molecule has 172 valence electrons. The van der Waals surface area contributed by atoms with Crippen molar-refractivity contribution in [2.24, 2.45) is 17.1 Å². The highest BCUT2D eigenvalue weighted by Crippen LogP contribution is 2.26. The second-order valence-corrected chi connectivity index (χ2v) is 9.90. The molecular formula is C22H40N4O4. The van der Waals surface area contributed by atoms with Crippen LogP contribution in [0.15, 0.2) is 0 Å². The van der Waals surface area contributed by atoms with Gasteiger partial charge in [-0.15, -0.1) is 0 Å². The zero-order valence-corrected chi connectivity index (χ0v) is 19.0. The summed E-state index contributed by atoms with van der Waals surface area (Å²) in [6, 6.07) is -0.904. The van der Waals surface area contributed by atoms with E-state index in [1.54, 1.807) is 11.8 Å². The molecule has 0 aromatic carbocycles.